The summed E-state index contributed by atoms with van der Waals surface area (Å²) in [6.07, 6.45) is 4.78. The lowest BCUT2D eigenvalue weighted by atomic mass is 9.95. The Bertz CT molecular complexity index is 627. The first-order chi connectivity index (χ1) is 9.77. The van der Waals surface area contributed by atoms with Gasteiger partial charge in [0.15, 0.2) is 0 Å². The molecule has 6 heteroatoms. The number of hydrogen-bond acceptors (Lipinski definition) is 4. The zero-order valence-corrected chi connectivity index (χ0v) is 14.0. The Hall–Kier alpha value is -1.62. The lowest BCUT2D eigenvalue weighted by Gasteiger charge is -2.19. The summed E-state index contributed by atoms with van der Waals surface area (Å²) in [5.41, 5.74) is 1.95. The van der Waals surface area contributed by atoms with Gasteiger partial charge in [0.1, 0.15) is 16.8 Å². The Labute approximate surface area is 130 Å². The zero-order valence-electron chi connectivity index (χ0n) is 13.2. The van der Waals surface area contributed by atoms with Gasteiger partial charge < -0.3 is 5.32 Å². The minimum atomic E-state index is -0.128. The van der Waals surface area contributed by atoms with Crippen LogP contribution in [0.4, 0.5) is 5.82 Å². The van der Waals surface area contributed by atoms with E-state index in [0.29, 0.717) is 5.15 Å². The molecule has 5 nitrogen and oxygen atoms in total. The Morgan fingerprint density at radius 2 is 2.00 bits per heavy atom. The average molecular weight is 308 g/mol. The van der Waals surface area contributed by atoms with Gasteiger partial charge in [-0.2, -0.15) is 5.10 Å². The molecule has 0 radical (unpaired) electrons. The molecule has 21 heavy (non-hydrogen) atoms. The zero-order chi connectivity index (χ0) is 15.6. The lowest BCUT2D eigenvalue weighted by Crippen LogP contribution is -2.19. The SMILES string of the molecule is Cc1c(Cl)nc(C(C)(C)C)nc1NCCc1cnn(C)c1. The second-order valence-electron chi connectivity index (χ2n) is 6.26. The summed E-state index contributed by atoms with van der Waals surface area (Å²) in [7, 11) is 1.92. The van der Waals surface area contributed by atoms with E-state index in [-0.39, 0.29) is 5.41 Å². The van der Waals surface area contributed by atoms with Gasteiger partial charge in [0.05, 0.1) is 6.20 Å². The first-order valence-corrected chi connectivity index (χ1v) is 7.41. The standard InChI is InChI=1S/C15H22ClN5/c1-10-12(16)19-14(15(2,3)4)20-13(10)17-7-6-11-8-18-21(5)9-11/h8-9H,6-7H2,1-5H3,(H,17,19,20). The van der Waals surface area contributed by atoms with Crippen LogP contribution in [0, 0.1) is 6.92 Å². The molecular formula is C15H22ClN5. The van der Waals surface area contributed by atoms with Crippen molar-refractivity contribution in [3.63, 3.8) is 0 Å². The number of anilines is 1. The van der Waals surface area contributed by atoms with Crippen LogP contribution in [-0.2, 0) is 18.9 Å². The minimum Gasteiger partial charge on any atom is -0.369 e. The van der Waals surface area contributed by atoms with E-state index in [2.05, 4.69) is 41.2 Å². The molecule has 0 spiro atoms. The van der Waals surface area contributed by atoms with Gasteiger partial charge in [-0.05, 0) is 18.9 Å². The van der Waals surface area contributed by atoms with Gasteiger partial charge in [0.2, 0.25) is 0 Å². The normalized spacial score (nSPS) is 11.7. The molecule has 0 bridgehead atoms. The van der Waals surface area contributed by atoms with Crippen LogP contribution in [0.3, 0.4) is 0 Å². The fourth-order valence-electron chi connectivity index (χ4n) is 1.92. The molecule has 2 heterocycles. The van der Waals surface area contributed by atoms with Crippen molar-refractivity contribution < 1.29 is 0 Å². The molecule has 114 valence electrons. The number of hydrogen-bond donors (Lipinski definition) is 1. The molecule has 2 aromatic rings. The van der Waals surface area contributed by atoms with Crippen molar-refractivity contribution >= 4 is 17.4 Å². The van der Waals surface area contributed by atoms with E-state index in [1.165, 1.54) is 5.56 Å². The molecule has 0 aliphatic carbocycles. The Morgan fingerprint density at radius 1 is 1.29 bits per heavy atom. The second-order valence-corrected chi connectivity index (χ2v) is 6.62. The van der Waals surface area contributed by atoms with Crippen molar-refractivity contribution in [2.75, 3.05) is 11.9 Å². The molecule has 0 amide bonds. The van der Waals surface area contributed by atoms with Crippen LogP contribution in [0.5, 0.6) is 0 Å². The number of halogens is 1. The highest BCUT2D eigenvalue weighted by Crippen LogP contribution is 2.25. The van der Waals surface area contributed by atoms with Crippen molar-refractivity contribution in [3.8, 4) is 0 Å². The van der Waals surface area contributed by atoms with Crippen LogP contribution < -0.4 is 5.32 Å². The molecular weight excluding hydrogens is 286 g/mol. The van der Waals surface area contributed by atoms with Crippen molar-refractivity contribution in [2.24, 2.45) is 7.05 Å². The maximum Gasteiger partial charge on any atom is 0.137 e. The molecule has 0 fully saturated rings. The molecule has 0 aliphatic rings. The molecule has 0 aliphatic heterocycles. The highest BCUT2D eigenvalue weighted by molar-refractivity contribution is 6.30. The third kappa shape index (κ3) is 3.94. The van der Waals surface area contributed by atoms with Gasteiger partial charge in [-0.15, -0.1) is 0 Å². The first-order valence-electron chi connectivity index (χ1n) is 7.03. The monoisotopic (exact) mass is 307 g/mol. The van der Waals surface area contributed by atoms with Gasteiger partial charge in [0, 0.05) is 30.8 Å². The molecule has 0 atom stereocenters. The van der Waals surface area contributed by atoms with Crippen molar-refractivity contribution in [1.29, 1.82) is 0 Å². The fourth-order valence-corrected chi connectivity index (χ4v) is 2.09. The molecule has 2 aromatic heterocycles. The number of aromatic nitrogens is 4. The van der Waals surface area contributed by atoms with E-state index in [0.717, 1.165) is 30.2 Å². The van der Waals surface area contributed by atoms with Crippen LogP contribution in [0.1, 0.15) is 37.7 Å². The number of nitrogens with zero attached hydrogens (tertiary/aromatic N) is 4. The predicted molar refractivity (Wildman–Crippen MR) is 85.9 cm³/mol. The summed E-state index contributed by atoms with van der Waals surface area (Å²) in [4.78, 5) is 8.99. The lowest BCUT2D eigenvalue weighted by molar-refractivity contribution is 0.545. The molecule has 0 aromatic carbocycles. The van der Waals surface area contributed by atoms with E-state index >= 15 is 0 Å². The van der Waals surface area contributed by atoms with E-state index in [1.807, 2.05) is 26.4 Å². The van der Waals surface area contributed by atoms with E-state index < -0.39 is 0 Å². The molecule has 1 N–H and O–H groups in total. The predicted octanol–water partition coefficient (Wildman–Crippen LogP) is 3.12. The minimum absolute atomic E-state index is 0.128. The summed E-state index contributed by atoms with van der Waals surface area (Å²) in [5.74, 6) is 1.56. The number of aryl methyl sites for hydroxylation is 1. The van der Waals surface area contributed by atoms with Gasteiger partial charge in [-0.1, -0.05) is 32.4 Å². The number of rotatable bonds is 4. The van der Waals surface area contributed by atoms with Crippen LogP contribution in [-0.4, -0.2) is 26.3 Å². The Morgan fingerprint density at radius 3 is 2.57 bits per heavy atom. The summed E-state index contributed by atoms with van der Waals surface area (Å²) in [6.45, 7) is 8.94. The van der Waals surface area contributed by atoms with Crippen LogP contribution in [0.15, 0.2) is 12.4 Å². The smallest absolute Gasteiger partial charge is 0.137 e. The van der Waals surface area contributed by atoms with E-state index in [1.54, 1.807) is 4.68 Å². The van der Waals surface area contributed by atoms with E-state index in [4.69, 9.17) is 11.6 Å². The second kappa shape index (κ2) is 6.02. The van der Waals surface area contributed by atoms with Gasteiger partial charge in [0.25, 0.3) is 0 Å². The highest BCUT2D eigenvalue weighted by Gasteiger charge is 2.20. The topological polar surface area (TPSA) is 55.6 Å². The molecule has 0 unspecified atom stereocenters. The quantitative estimate of drug-likeness (QED) is 0.882. The van der Waals surface area contributed by atoms with Crippen LogP contribution in [0.25, 0.3) is 0 Å². The van der Waals surface area contributed by atoms with Crippen LogP contribution in [0.2, 0.25) is 5.15 Å². The third-order valence-corrected chi connectivity index (χ3v) is 3.59. The maximum atomic E-state index is 6.22. The molecule has 0 saturated carbocycles. The summed E-state index contributed by atoms with van der Waals surface area (Å²) < 4.78 is 1.81. The number of nitrogens with one attached hydrogen (secondary N) is 1. The molecule has 2 rings (SSSR count). The maximum absolute atomic E-state index is 6.22. The van der Waals surface area contributed by atoms with Crippen molar-refractivity contribution in [3.05, 3.63) is 34.5 Å². The van der Waals surface area contributed by atoms with Crippen molar-refractivity contribution in [1.82, 2.24) is 19.7 Å². The van der Waals surface area contributed by atoms with Crippen LogP contribution >= 0.6 is 11.6 Å². The third-order valence-electron chi connectivity index (χ3n) is 3.22. The van der Waals surface area contributed by atoms with Crippen molar-refractivity contribution in [2.45, 2.75) is 39.5 Å². The van der Waals surface area contributed by atoms with Gasteiger partial charge >= 0.3 is 0 Å². The Kier molecular flexibility index (Phi) is 4.52. The highest BCUT2D eigenvalue weighted by atomic mass is 35.5. The van der Waals surface area contributed by atoms with Gasteiger partial charge in [-0.3, -0.25) is 4.68 Å². The first kappa shape index (κ1) is 15.8. The summed E-state index contributed by atoms with van der Waals surface area (Å²) in [6, 6.07) is 0. The van der Waals surface area contributed by atoms with E-state index in [9.17, 15) is 0 Å². The largest absolute Gasteiger partial charge is 0.369 e. The average Bonchev–Trinajstić information content (AvgIpc) is 2.79. The summed E-state index contributed by atoms with van der Waals surface area (Å²) >= 11 is 6.22. The molecule has 0 saturated heterocycles. The summed E-state index contributed by atoms with van der Waals surface area (Å²) in [5, 5.41) is 8.03. The van der Waals surface area contributed by atoms with Gasteiger partial charge in [-0.25, -0.2) is 9.97 Å². The fraction of sp³-hybridized carbons (Fsp3) is 0.533. The Balaban J connectivity index is 2.10.